The van der Waals surface area contributed by atoms with Crippen molar-refractivity contribution in [2.24, 2.45) is 0 Å². The van der Waals surface area contributed by atoms with Gasteiger partial charge in [0.05, 0.1) is 36.4 Å². The highest BCUT2D eigenvalue weighted by Crippen LogP contribution is 2.36. The molecule has 31 heavy (non-hydrogen) atoms. The quantitative estimate of drug-likeness (QED) is 0.600. The largest absolute Gasteiger partial charge is 0.493 e. The number of carbonyl (C=O) groups excluding carboxylic acids is 1. The van der Waals surface area contributed by atoms with Gasteiger partial charge in [0.15, 0.2) is 17.3 Å². The number of methoxy groups -OCH3 is 1. The van der Waals surface area contributed by atoms with Gasteiger partial charge in [-0.3, -0.25) is 4.79 Å². The number of hydrogen-bond donors (Lipinski definition) is 2. The van der Waals surface area contributed by atoms with E-state index in [-0.39, 0.29) is 22.7 Å². The van der Waals surface area contributed by atoms with Crippen LogP contribution >= 0.6 is 11.6 Å². The molecule has 0 radical (unpaired) electrons. The van der Waals surface area contributed by atoms with E-state index in [4.69, 9.17) is 21.1 Å². The number of rotatable bonds is 6. The smallest absolute Gasteiger partial charge is 0.251 e. The monoisotopic (exact) mass is 446 g/mol. The van der Waals surface area contributed by atoms with Gasteiger partial charge in [-0.1, -0.05) is 17.7 Å². The fourth-order valence-corrected chi connectivity index (χ4v) is 3.45. The minimum absolute atomic E-state index is 0.000226. The number of likely N-dealkylation sites (tertiary alicyclic amines) is 1. The first kappa shape index (κ1) is 21.1. The first-order valence-electron chi connectivity index (χ1n) is 9.54. The molecule has 1 saturated heterocycles. The maximum atomic E-state index is 14.3. The Morgan fingerprint density at radius 3 is 2.81 bits per heavy atom. The number of benzene rings is 2. The zero-order valence-electron chi connectivity index (χ0n) is 16.8. The number of nitrogens with zero attached hydrogens (tertiary/aromatic N) is 3. The lowest BCUT2D eigenvalue weighted by Gasteiger charge is -2.39. The van der Waals surface area contributed by atoms with Crippen LogP contribution in [0.2, 0.25) is 5.02 Å². The molecule has 1 atom stereocenters. The molecule has 1 aliphatic rings. The summed E-state index contributed by atoms with van der Waals surface area (Å²) in [5, 5.41) is 12.9. The molecular weight excluding hydrogens is 427 g/mol. The van der Waals surface area contributed by atoms with Gasteiger partial charge in [-0.15, -0.1) is 0 Å². The summed E-state index contributed by atoms with van der Waals surface area (Å²) < 4.78 is 25.7. The summed E-state index contributed by atoms with van der Waals surface area (Å²) in [6.07, 6.45) is 0.0904. The molecule has 1 fully saturated rings. The van der Waals surface area contributed by atoms with Crippen molar-refractivity contribution in [1.82, 2.24) is 14.9 Å². The third kappa shape index (κ3) is 4.19. The molecule has 0 saturated carbocycles. The van der Waals surface area contributed by atoms with E-state index >= 15 is 0 Å². The van der Waals surface area contributed by atoms with Crippen LogP contribution in [0.5, 0.6) is 11.5 Å². The number of aliphatic hydroxyl groups excluding tert-OH is 1. The summed E-state index contributed by atoms with van der Waals surface area (Å²) in [7, 11) is 1.51. The minimum Gasteiger partial charge on any atom is -0.493 e. The molecule has 4 rings (SSSR count). The van der Waals surface area contributed by atoms with Gasteiger partial charge in [0.2, 0.25) is 0 Å². The van der Waals surface area contributed by atoms with E-state index in [0.717, 1.165) is 0 Å². The first-order valence-corrected chi connectivity index (χ1v) is 9.92. The molecule has 0 spiro atoms. The van der Waals surface area contributed by atoms with Crippen molar-refractivity contribution < 1.29 is 23.8 Å². The number of carbonyl (C=O) groups is 1. The number of amides is 1. The summed E-state index contributed by atoms with van der Waals surface area (Å²) >= 11 is 5.86. The van der Waals surface area contributed by atoms with Crippen LogP contribution in [-0.2, 0) is 4.79 Å². The van der Waals surface area contributed by atoms with Crippen LogP contribution in [0.25, 0.3) is 10.9 Å². The normalized spacial score (nSPS) is 14.8. The lowest BCUT2D eigenvalue weighted by atomic mass is 10.1. The third-order valence-electron chi connectivity index (χ3n) is 4.94. The highest BCUT2D eigenvalue weighted by Gasteiger charge is 2.34. The van der Waals surface area contributed by atoms with Crippen molar-refractivity contribution >= 4 is 39.9 Å². The van der Waals surface area contributed by atoms with Gasteiger partial charge >= 0.3 is 0 Å². The molecule has 1 aliphatic heterocycles. The number of fused-ring (bicyclic) bond motifs is 1. The van der Waals surface area contributed by atoms with E-state index < -0.39 is 11.9 Å². The minimum atomic E-state index is -1.04. The predicted octanol–water partition coefficient (Wildman–Crippen LogP) is 3.14. The van der Waals surface area contributed by atoms with E-state index in [1.807, 2.05) is 0 Å². The molecule has 2 N–H and O–H groups in total. The van der Waals surface area contributed by atoms with E-state index in [2.05, 4.69) is 15.3 Å². The Morgan fingerprint density at radius 2 is 2.10 bits per heavy atom. The molecule has 1 aromatic heterocycles. The molecule has 2 heterocycles. The van der Waals surface area contributed by atoms with Gasteiger partial charge < -0.3 is 24.8 Å². The van der Waals surface area contributed by atoms with Crippen molar-refractivity contribution in [3.63, 3.8) is 0 Å². The van der Waals surface area contributed by atoms with Crippen LogP contribution in [0.4, 0.5) is 15.9 Å². The van der Waals surface area contributed by atoms with E-state index in [9.17, 15) is 14.3 Å². The molecule has 10 heteroatoms. The van der Waals surface area contributed by atoms with Crippen molar-refractivity contribution in [3.05, 3.63) is 47.5 Å². The van der Waals surface area contributed by atoms with Crippen molar-refractivity contribution in [3.8, 4) is 11.5 Å². The Bertz CT molecular complexity index is 1140. The van der Waals surface area contributed by atoms with Crippen LogP contribution in [0.1, 0.15) is 6.92 Å². The zero-order chi connectivity index (χ0) is 22.1. The molecule has 162 valence electrons. The number of aliphatic hydroxyl groups is 1. The molecule has 0 aliphatic carbocycles. The molecule has 3 aromatic rings. The Hall–Kier alpha value is -3.17. The van der Waals surface area contributed by atoms with Crippen LogP contribution < -0.4 is 14.8 Å². The third-order valence-corrected chi connectivity index (χ3v) is 5.23. The van der Waals surface area contributed by atoms with Crippen molar-refractivity contribution in [2.45, 2.75) is 19.1 Å². The fraction of sp³-hybridized carbons (Fsp3) is 0.286. The van der Waals surface area contributed by atoms with Crippen LogP contribution in [0.15, 0.2) is 36.7 Å². The maximum absolute atomic E-state index is 14.3. The van der Waals surface area contributed by atoms with Gasteiger partial charge in [0.1, 0.15) is 24.4 Å². The Labute approximate surface area is 182 Å². The first-order chi connectivity index (χ1) is 14.9. The standard InChI is InChI=1S/C21H20ClFN4O4/c1-11(28)21(29)27-8-12(9-27)31-18-7-16-13(6-17(18)30-2)20(25-10-24-16)26-15-5-3-4-14(22)19(15)23/h3-7,10-12,28H,8-9H2,1-2H3,(H,24,25,26)/t11-/m1/s1. The summed E-state index contributed by atoms with van der Waals surface area (Å²) in [6, 6.07) is 8.05. The Kier molecular flexibility index (Phi) is 5.79. The SMILES string of the molecule is COc1cc2c(Nc3cccc(Cl)c3F)ncnc2cc1OC1CN(C(=O)[C@@H](C)O)C1. The number of aromatic nitrogens is 2. The van der Waals surface area contributed by atoms with E-state index in [0.29, 0.717) is 41.3 Å². The average molecular weight is 447 g/mol. The molecule has 0 unspecified atom stereocenters. The number of nitrogens with one attached hydrogen (secondary N) is 1. The zero-order valence-corrected chi connectivity index (χ0v) is 17.6. The van der Waals surface area contributed by atoms with Crippen molar-refractivity contribution in [2.75, 3.05) is 25.5 Å². The topological polar surface area (TPSA) is 96.8 Å². The lowest BCUT2D eigenvalue weighted by molar-refractivity contribution is -0.148. The molecule has 2 aromatic carbocycles. The average Bonchev–Trinajstić information content (AvgIpc) is 2.72. The van der Waals surface area contributed by atoms with Gasteiger partial charge in [-0.05, 0) is 25.1 Å². The molecule has 0 bridgehead atoms. The predicted molar refractivity (Wildman–Crippen MR) is 113 cm³/mol. The van der Waals surface area contributed by atoms with Crippen molar-refractivity contribution in [1.29, 1.82) is 0 Å². The number of anilines is 2. The fourth-order valence-electron chi connectivity index (χ4n) is 3.28. The Morgan fingerprint density at radius 1 is 1.32 bits per heavy atom. The number of ether oxygens (including phenoxy) is 2. The highest BCUT2D eigenvalue weighted by atomic mass is 35.5. The number of halogens is 2. The lowest BCUT2D eigenvalue weighted by Crippen LogP contribution is -2.58. The van der Waals surface area contributed by atoms with Crippen LogP contribution in [-0.4, -0.2) is 58.3 Å². The summed E-state index contributed by atoms with van der Waals surface area (Å²) in [6.45, 7) is 2.18. The van der Waals surface area contributed by atoms with E-state index in [1.165, 1.54) is 31.3 Å². The molecule has 1 amide bonds. The Balaban J connectivity index is 1.59. The van der Waals surface area contributed by atoms with Gasteiger partial charge in [0.25, 0.3) is 5.91 Å². The number of hydrogen-bond acceptors (Lipinski definition) is 7. The highest BCUT2D eigenvalue weighted by molar-refractivity contribution is 6.31. The van der Waals surface area contributed by atoms with E-state index in [1.54, 1.807) is 24.3 Å². The van der Waals surface area contributed by atoms with Gasteiger partial charge in [-0.25, -0.2) is 14.4 Å². The maximum Gasteiger partial charge on any atom is 0.251 e. The molecular formula is C21H20ClFN4O4. The second kappa shape index (κ2) is 8.52. The second-order valence-corrected chi connectivity index (χ2v) is 7.54. The van der Waals surface area contributed by atoms with Crippen LogP contribution in [0.3, 0.4) is 0 Å². The summed E-state index contributed by atoms with van der Waals surface area (Å²) in [4.78, 5) is 21.8. The summed E-state index contributed by atoms with van der Waals surface area (Å²) in [5.74, 6) is 0.375. The second-order valence-electron chi connectivity index (χ2n) is 7.13. The van der Waals surface area contributed by atoms with Gasteiger partial charge in [0, 0.05) is 11.5 Å². The summed E-state index contributed by atoms with van der Waals surface area (Å²) in [5.41, 5.74) is 0.746. The van der Waals surface area contributed by atoms with Crippen LogP contribution in [0, 0.1) is 5.82 Å². The van der Waals surface area contributed by atoms with Gasteiger partial charge in [-0.2, -0.15) is 0 Å². The molecule has 8 nitrogen and oxygen atoms in total.